The van der Waals surface area contributed by atoms with Crippen molar-refractivity contribution < 1.29 is 4.42 Å². The molecular weight excluding hydrogens is 671 g/mol. The molecule has 0 fully saturated rings. The topological polar surface area (TPSA) is 43.9 Å². The highest BCUT2D eigenvalue weighted by molar-refractivity contribution is 6.15. The lowest BCUT2D eigenvalue weighted by molar-refractivity contribution is 0.662. The van der Waals surface area contributed by atoms with E-state index < -0.39 is 5.41 Å². The van der Waals surface area contributed by atoms with E-state index in [0.717, 1.165) is 38.9 Å². The van der Waals surface area contributed by atoms with Gasteiger partial charge in [-0.3, -0.25) is 4.57 Å². The molecule has 0 unspecified atom stereocenters. The average molecular weight is 702 g/mol. The molecule has 0 aliphatic heterocycles. The standard InChI is InChI=1S/C51H31N3O/c1-3-17-35(18-4-1)51(36-19-5-2-6-20-36)42-24-12-9-21-37(42)40-30-34(27-28-43(40)51)49-52-47-39-23-11-14-26-46(39)55-48(47)50(53-49)54-44-25-13-10-22-38(44)41-29-32-15-7-8-16-33(32)31-45(41)54/h1-31H. The lowest BCUT2D eigenvalue weighted by atomic mass is 9.67. The molecule has 1 aliphatic carbocycles. The molecule has 3 aromatic heterocycles. The maximum atomic E-state index is 6.68. The molecule has 0 N–H and O–H groups in total. The van der Waals surface area contributed by atoms with Crippen molar-refractivity contribution in [1.29, 1.82) is 0 Å². The molecule has 3 heterocycles. The van der Waals surface area contributed by atoms with Gasteiger partial charge >= 0.3 is 0 Å². The van der Waals surface area contributed by atoms with Crippen molar-refractivity contribution in [2.24, 2.45) is 0 Å². The van der Waals surface area contributed by atoms with Gasteiger partial charge in [0.2, 0.25) is 0 Å². The summed E-state index contributed by atoms with van der Waals surface area (Å²) < 4.78 is 8.95. The van der Waals surface area contributed by atoms with Crippen molar-refractivity contribution >= 4 is 54.6 Å². The van der Waals surface area contributed by atoms with Gasteiger partial charge in [-0.15, -0.1) is 0 Å². The van der Waals surface area contributed by atoms with Gasteiger partial charge in [0.15, 0.2) is 17.2 Å². The number of para-hydroxylation sites is 2. The lowest BCUT2D eigenvalue weighted by Crippen LogP contribution is -2.28. The van der Waals surface area contributed by atoms with Gasteiger partial charge in [0.05, 0.1) is 16.4 Å². The molecule has 0 radical (unpaired) electrons. The minimum absolute atomic E-state index is 0.477. The maximum absolute atomic E-state index is 6.68. The quantitative estimate of drug-likeness (QED) is 0.183. The number of rotatable bonds is 4. The SMILES string of the molecule is c1ccc(C2(c3ccccc3)c3ccccc3-c3cc(-c4nc(-n5c6ccccc6c6cc7ccccc7cc65)c5oc6ccccc6c5n4)ccc32)cc1. The number of furan rings is 1. The first-order chi connectivity index (χ1) is 27.3. The van der Waals surface area contributed by atoms with Crippen molar-refractivity contribution in [2.75, 3.05) is 0 Å². The Morgan fingerprint density at radius 3 is 1.89 bits per heavy atom. The first-order valence-corrected chi connectivity index (χ1v) is 18.7. The first kappa shape index (κ1) is 30.2. The van der Waals surface area contributed by atoms with Crippen molar-refractivity contribution in [2.45, 2.75) is 5.41 Å². The molecule has 0 bridgehead atoms. The Kier molecular flexibility index (Phi) is 6.23. The van der Waals surface area contributed by atoms with E-state index >= 15 is 0 Å². The van der Waals surface area contributed by atoms with Crippen molar-refractivity contribution in [3.63, 3.8) is 0 Å². The van der Waals surface area contributed by atoms with Gasteiger partial charge < -0.3 is 4.42 Å². The third kappa shape index (κ3) is 4.16. The summed E-state index contributed by atoms with van der Waals surface area (Å²) in [6.07, 6.45) is 0. The number of fused-ring (bicyclic) bond motifs is 10. The van der Waals surface area contributed by atoms with E-state index in [9.17, 15) is 0 Å². The molecule has 0 saturated heterocycles. The number of nitrogens with zero attached hydrogens (tertiary/aromatic N) is 3. The van der Waals surface area contributed by atoms with Gasteiger partial charge in [-0.1, -0.05) is 152 Å². The molecule has 4 heteroatoms. The molecule has 0 atom stereocenters. The fraction of sp³-hybridized carbons (Fsp3) is 0.0196. The molecule has 12 rings (SSSR count). The summed E-state index contributed by atoms with van der Waals surface area (Å²) in [4.78, 5) is 10.8. The second-order valence-electron chi connectivity index (χ2n) is 14.5. The molecule has 256 valence electrons. The van der Waals surface area contributed by atoms with Gasteiger partial charge in [-0.2, -0.15) is 0 Å². The maximum Gasteiger partial charge on any atom is 0.197 e. The van der Waals surface area contributed by atoms with Crippen LogP contribution in [-0.4, -0.2) is 14.5 Å². The minimum atomic E-state index is -0.477. The predicted molar refractivity (Wildman–Crippen MR) is 224 cm³/mol. The van der Waals surface area contributed by atoms with Crippen molar-refractivity contribution in [1.82, 2.24) is 14.5 Å². The Balaban J connectivity index is 1.16. The Bertz CT molecular complexity index is 3280. The summed E-state index contributed by atoms with van der Waals surface area (Å²) in [7, 11) is 0. The number of aromatic nitrogens is 3. The van der Waals surface area contributed by atoms with Crippen LogP contribution in [0.5, 0.6) is 0 Å². The lowest BCUT2D eigenvalue weighted by Gasteiger charge is -2.33. The number of benzene rings is 8. The van der Waals surface area contributed by atoms with E-state index in [1.807, 2.05) is 18.2 Å². The van der Waals surface area contributed by atoms with Crippen LogP contribution in [0.15, 0.2) is 192 Å². The predicted octanol–water partition coefficient (Wildman–Crippen LogP) is 12.7. The van der Waals surface area contributed by atoms with E-state index in [4.69, 9.17) is 14.4 Å². The largest absolute Gasteiger partial charge is 0.450 e. The van der Waals surface area contributed by atoms with Crippen LogP contribution in [0.2, 0.25) is 0 Å². The normalized spacial score (nSPS) is 13.2. The Morgan fingerprint density at radius 2 is 1.09 bits per heavy atom. The first-order valence-electron chi connectivity index (χ1n) is 18.7. The summed E-state index contributed by atoms with van der Waals surface area (Å²) in [6.45, 7) is 0. The molecule has 11 aromatic rings. The average Bonchev–Trinajstić information content (AvgIpc) is 3.89. The van der Waals surface area contributed by atoms with Crippen molar-refractivity contribution in [3.8, 4) is 28.3 Å². The Labute approximate surface area is 316 Å². The Morgan fingerprint density at radius 1 is 0.455 bits per heavy atom. The zero-order valence-corrected chi connectivity index (χ0v) is 29.6. The highest BCUT2D eigenvalue weighted by atomic mass is 16.3. The summed E-state index contributed by atoms with van der Waals surface area (Å²) in [5.41, 5.74) is 12.3. The van der Waals surface area contributed by atoms with E-state index in [-0.39, 0.29) is 0 Å². The second kappa shape index (κ2) is 11.3. The molecule has 0 amide bonds. The van der Waals surface area contributed by atoms with Gasteiger partial charge in [0.25, 0.3) is 0 Å². The molecular formula is C51H31N3O. The van der Waals surface area contributed by atoms with E-state index in [1.54, 1.807) is 0 Å². The number of hydrogen-bond donors (Lipinski definition) is 0. The fourth-order valence-electron chi connectivity index (χ4n) is 9.33. The van der Waals surface area contributed by atoms with Gasteiger partial charge in [-0.05, 0) is 80.6 Å². The number of hydrogen-bond acceptors (Lipinski definition) is 3. The van der Waals surface area contributed by atoms with Crippen LogP contribution in [-0.2, 0) is 5.41 Å². The minimum Gasteiger partial charge on any atom is -0.450 e. The molecule has 0 spiro atoms. The Hall–Kier alpha value is -7.30. The van der Waals surface area contributed by atoms with Gasteiger partial charge in [-0.25, -0.2) is 9.97 Å². The summed E-state index contributed by atoms with van der Waals surface area (Å²) in [5, 5.41) is 5.68. The third-order valence-electron chi connectivity index (χ3n) is 11.7. The summed E-state index contributed by atoms with van der Waals surface area (Å²) in [5.74, 6) is 1.37. The molecule has 8 aromatic carbocycles. The summed E-state index contributed by atoms with van der Waals surface area (Å²) >= 11 is 0. The second-order valence-corrected chi connectivity index (χ2v) is 14.5. The van der Waals surface area contributed by atoms with Crippen LogP contribution in [0.3, 0.4) is 0 Å². The molecule has 55 heavy (non-hydrogen) atoms. The van der Waals surface area contributed by atoms with Crippen LogP contribution < -0.4 is 0 Å². The molecule has 0 saturated carbocycles. The van der Waals surface area contributed by atoms with Crippen LogP contribution >= 0.6 is 0 Å². The van der Waals surface area contributed by atoms with E-state index in [0.29, 0.717) is 11.4 Å². The van der Waals surface area contributed by atoms with E-state index in [1.165, 1.54) is 54.9 Å². The van der Waals surface area contributed by atoms with Crippen molar-refractivity contribution in [3.05, 3.63) is 210 Å². The van der Waals surface area contributed by atoms with Crippen LogP contribution in [0.4, 0.5) is 0 Å². The summed E-state index contributed by atoms with van der Waals surface area (Å²) in [6, 6.07) is 67.3. The van der Waals surface area contributed by atoms with Crippen LogP contribution in [0.25, 0.3) is 83.0 Å². The smallest absolute Gasteiger partial charge is 0.197 e. The van der Waals surface area contributed by atoms with Gasteiger partial charge in [0.1, 0.15) is 11.1 Å². The fourth-order valence-corrected chi connectivity index (χ4v) is 9.33. The van der Waals surface area contributed by atoms with Crippen LogP contribution in [0.1, 0.15) is 22.3 Å². The highest BCUT2D eigenvalue weighted by Gasteiger charge is 2.46. The molecule has 1 aliphatic rings. The highest BCUT2D eigenvalue weighted by Crippen LogP contribution is 2.56. The third-order valence-corrected chi connectivity index (χ3v) is 11.7. The van der Waals surface area contributed by atoms with E-state index in [2.05, 4.69) is 174 Å². The zero-order chi connectivity index (χ0) is 36.1. The monoisotopic (exact) mass is 701 g/mol. The van der Waals surface area contributed by atoms with Gasteiger partial charge in [0, 0.05) is 21.7 Å². The van der Waals surface area contributed by atoms with Crippen LogP contribution in [0, 0.1) is 0 Å². The molecule has 4 nitrogen and oxygen atoms in total. The zero-order valence-electron chi connectivity index (χ0n) is 29.6.